The molecule has 0 spiro atoms. The Morgan fingerprint density at radius 1 is 1.38 bits per heavy atom. The first-order chi connectivity index (χ1) is 11.8. The Morgan fingerprint density at radius 2 is 2.29 bits per heavy atom. The lowest BCUT2D eigenvalue weighted by molar-refractivity contribution is -0.0167. The minimum absolute atomic E-state index is 0.0406. The average Bonchev–Trinajstić information content (AvgIpc) is 2.97. The number of aromatic nitrogens is 3. The molecule has 3 heterocycles. The number of hydrogen-bond donors (Lipinski definition) is 1. The van der Waals surface area contributed by atoms with Crippen LogP contribution in [0.3, 0.4) is 0 Å². The zero-order valence-electron chi connectivity index (χ0n) is 13.9. The molecule has 0 bridgehead atoms. The van der Waals surface area contributed by atoms with Gasteiger partial charge in [-0.1, -0.05) is 5.16 Å². The van der Waals surface area contributed by atoms with Crippen LogP contribution in [0.25, 0.3) is 0 Å². The Labute approximate surface area is 141 Å². The number of rotatable bonds is 5. The molecular weight excluding hydrogens is 306 g/mol. The van der Waals surface area contributed by atoms with Crippen LogP contribution < -0.4 is 5.32 Å². The molecule has 1 unspecified atom stereocenters. The molecule has 128 valence electrons. The van der Waals surface area contributed by atoms with Gasteiger partial charge in [-0.05, 0) is 32.3 Å². The summed E-state index contributed by atoms with van der Waals surface area (Å²) in [7, 11) is 0. The van der Waals surface area contributed by atoms with Crippen molar-refractivity contribution < 1.29 is 9.26 Å². The maximum atomic E-state index is 5.68. The summed E-state index contributed by atoms with van der Waals surface area (Å²) in [6.07, 6.45) is 5.58. The monoisotopic (exact) mass is 329 g/mol. The fourth-order valence-electron chi connectivity index (χ4n) is 3.14. The zero-order valence-corrected chi connectivity index (χ0v) is 13.9. The van der Waals surface area contributed by atoms with E-state index in [1.165, 1.54) is 19.3 Å². The molecule has 0 aromatic carbocycles. The van der Waals surface area contributed by atoms with Gasteiger partial charge >= 0.3 is 0 Å². The second kappa shape index (κ2) is 6.86. The van der Waals surface area contributed by atoms with Gasteiger partial charge in [-0.15, -0.1) is 0 Å². The van der Waals surface area contributed by atoms with Crippen molar-refractivity contribution in [1.29, 1.82) is 0 Å². The third-order valence-electron chi connectivity index (χ3n) is 4.71. The molecule has 24 heavy (non-hydrogen) atoms. The number of morpholine rings is 1. The first-order valence-electron chi connectivity index (χ1n) is 8.61. The quantitative estimate of drug-likeness (QED) is 0.902. The van der Waals surface area contributed by atoms with Crippen LogP contribution >= 0.6 is 0 Å². The van der Waals surface area contributed by atoms with Gasteiger partial charge in [-0.3, -0.25) is 4.90 Å². The van der Waals surface area contributed by atoms with Gasteiger partial charge in [0.1, 0.15) is 17.4 Å². The van der Waals surface area contributed by atoms with E-state index in [9.17, 15) is 0 Å². The third-order valence-corrected chi connectivity index (χ3v) is 4.71. The third kappa shape index (κ3) is 3.42. The second-order valence-corrected chi connectivity index (χ2v) is 6.56. The summed E-state index contributed by atoms with van der Waals surface area (Å²) >= 11 is 0. The summed E-state index contributed by atoms with van der Waals surface area (Å²) in [4.78, 5) is 11.5. The number of nitrogens with one attached hydrogen (secondary N) is 1. The molecule has 1 aliphatic heterocycles. The average molecular weight is 329 g/mol. The maximum Gasteiger partial charge on any atom is 0.150 e. The summed E-state index contributed by atoms with van der Waals surface area (Å²) in [5.41, 5.74) is 0.933. The molecule has 2 aliphatic rings. The predicted molar refractivity (Wildman–Crippen MR) is 88.5 cm³/mol. The zero-order chi connectivity index (χ0) is 16.4. The molecule has 0 radical (unpaired) electrons. The minimum atomic E-state index is 0.0406. The number of aryl methyl sites for hydroxylation is 1. The highest BCUT2D eigenvalue weighted by molar-refractivity contribution is 5.35. The topological polar surface area (TPSA) is 76.3 Å². The maximum absolute atomic E-state index is 5.68. The van der Waals surface area contributed by atoms with Crippen LogP contribution in [0.5, 0.6) is 0 Å². The van der Waals surface area contributed by atoms with Gasteiger partial charge in [0.25, 0.3) is 0 Å². The van der Waals surface area contributed by atoms with Crippen molar-refractivity contribution >= 4 is 5.82 Å². The van der Waals surface area contributed by atoms with Gasteiger partial charge in [0.05, 0.1) is 24.9 Å². The van der Waals surface area contributed by atoms with Gasteiger partial charge in [-0.2, -0.15) is 0 Å². The predicted octanol–water partition coefficient (Wildman–Crippen LogP) is 2.31. The van der Waals surface area contributed by atoms with Crippen LogP contribution in [-0.4, -0.2) is 45.8 Å². The van der Waals surface area contributed by atoms with Gasteiger partial charge < -0.3 is 14.6 Å². The Hall–Kier alpha value is -1.99. The molecule has 1 aliphatic carbocycles. The summed E-state index contributed by atoms with van der Waals surface area (Å²) in [5.74, 6) is 2.55. The largest absolute Gasteiger partial charge is 0.378 e. The molecule has 2 fully saturated rings. The molecule has 7 heteroatoms. The molecule has 1 atom stereocenters. The van der Waals surface area contributed by atoms with Gasteiger partial charge in [0.2, 0.25) is 0 Å². The van der Waals surface area contributed by atoms with E-state index in [0.717, 1.165) is 36.2 Å². The molecule has 1 saturated heterocycles. The van der Waals surface area contributed by atoms with E-state index >= 15 is 0 Å². The van der Waals surface area contributed by atoms with Crippen LogP contribution in [0.15, 0.2) is 22.9 Å². The van der Waals surface area contributed by atoms with E-state index in [-0.39, 0.29) is 6.04 Å². The highest BCUT2D eigenvalue weighted by atomic mass is 16.5. The summed E-state index contributed by atoms with van der Waals surface area (Å²) < 4.78 is 10.9. The fraction of sp³-hybridized carbons (Fsp3) is 0.588. The molecule has 2 aromatic heterocycles. The Kier molecular flexibility index (Phi) is 4.44. The standard InChI is InChI=1S/C17H23N5O2/c1-12-9-14(21-24-12)10-22-7-8-23-11-15(22)17-18-6-5-16(20-17)19-13-3-2-4-13/h5-6,9,13,15H,2-4,7-8,10-11H2,1H3,(H,18,19,20). The first-order valence-corrected chi connectivity index (χ1v) is 8.61. The lowest BCUT2D eigenvalue weighted by atomic mass is 9.93. The normalized spacial score (nSPS) is 22.3. The number of anilines is 1. The molecule has 1 saturated carbocycles. The van der Waals surface area contributed by atoms with Crippen LogP contribution in [0, 0.1) is 6.92 Å². The van der Waals surface area contributed by atoms with Crippen molar-refractivity contribution in [3.8, 4) is 0 Å². The Morgan fingerprint density at radius 3 is 3.04 bits per heavy atom. The first kappa shape index (κ1) is 15.5. The van der Waals surface area contributed by atoms with Crippen LogP contribution in [0.2, 0.25) is 0 Å². The van der Waals surface area contributed by atoms with E-state index in [0.29, 0.717) is 19.3 Å². The summed E-state index contributed by atoms with van der Waals surface area (Å²) in [6.45, 7) is 4.78. The van der Waals surface area contributed by atoms with Crippen LogP contribution in [0.4, 0.5) is 5.82 Å². The molecule has 2 aromatic rings. The molecule has 0 amide bonds. The van der Waals surface area contributed by atoms with Gasteiger partial charge in [0.15, 0.2) is 0 Å². The fourth-order valence-corrected chi connectivity index (χ4v) is 3.14. The van der Waals surface area contributed by atoms with Gasteiger partial charge in [0, 0.05) is 31.4 Å². The van der Waals surface area contributed by atoms with Crippen molar-refractivity contribution in [3.05, 3.63) is 35.6 Å². The van der Waals surface area contributed by atoms with Crippen molar-refractivity contribution in [2.45, 2.75) is 44.8 Å². The van der Waals surface area contributed by atoms with E-state index in [1.54, 1.807) is 0 Å². The molecule has 7 nitrogen and oxygen atoms in total. The van der Waals surface area contributed by atoms with Crippen molar-refractivity contribution in [1.82, 2.24) is 20.0 Å². The van der Waals surface area contributed by atoms with Crippen molar-refractivity contribution in [3.63, 3.8) is 0 Å². The second-order valence-electron chi connectivity index (χ2n) is 6.56. The van der Waals surface area contributed by atoms with E-state index < -0.39 is 0 Å². The molecule has 4 rings (SSSR count). The SMILES string of the molecule is Cc1cc(CN2CCOCC2c2nccc(NC3CCC3)n2)no1. The number of nitrogens with zero attached hydrogens (tertiary/aromatic N) is 4. The van der Waals surface area contributed by atoms with E-state index in [2.05, 4.69) is 20.4 Å². The lowest BCUT2D eigenvalue weighted by Crippen LogP contribution is -2.40. The van der Waals surface area contributed by atoms with Crippen LogP contribution in [-0.2, 0) is 11.3 Å². The van der Waals surface area contributed by atoms with Crippen molar-refractivity contribution in [2.75, 3.05) is 25.1 Å². The molecule has 1 N–H and O–H groups in total. The van der Waals surface area contributed by atoms with Crippen molar-refractivity contribution in [2.24, 2.45) is 0 Å². The lowest BCUT2D eigenvalue weighted by Gasteiger charge is -2.34. The molecular formula is C17H23N5O2. The highest BCUT2D eigenvalue weighted by Gasteiger charge is 2.28. The van der Waals surface area contributed by atoms with Crippen LogP contribution in [0.1, 0.15) is 42.6 Å². The minimum Gasteiger partial charge on any atom is -0.378 e. The summed E-state index contributed by atoms with van der Waals surface area (Å²) in [5, 5.41) is 7.59. The number of hydrogen-bond acceptors (Lipinski definition) is 7. The summed E-state index contributed by atoms with van der Waals surface area (Å²) in [6, 6.07) is 4.52. The highest BCUT2D eigenvalue weighted by Crippen LogP contribution is 2.26. The van der Waals surface area contributed by atoms with Gasteiger partial charge in [-0.25, -0.2) is 9.97 Å². The number of ether oxygens (including phenoxy) is 1. The van der Waals surface area contributed by atoms with E-state index in [4.69, 9.17) is 14.2 Å². The Balaban J connectivity index is 1.50. The van der Waals surface area contributed by atoms with E-state index in [1.807, 2.05) is 25.3 Å². The smallest absolute Gasteiger partial charge is 0.150 e. The Bertz CT molecular complexity index is 685.